The summed E-state index contributed by atoms with van der Waals surface area (Å²) in [6.45, 7) is 3.31. The van der Waals surface area contributed by atoms with Crippen molar-refractivity contribution in [2.45, 2.75) is 31.8 Å². The van der Waals surface area contributed by atoms with Gasteiger partial charge in [-0.25, -0.2) is 9.97 Å². The van der Waals surface area contributed by atoms with Crippen molar-refractivity contribution in [1.82, 2.24) is 20.0 Å². The molecule has 0 spiro atoms. The molecule has 1 fully saturated rings. The van der Waals surface area contributed by atoms with Crippen LogP contribution in [0.3, 0.4) is 0 Å². The molecule has 1 aliphatic rings. The van der Waals surface area contributed by atoms with Crippen molar-refractivity contribution in [2.24, 2.45) is 0 Å². The minimum atomic E-state index is -1.02. The summed E-state index contributed by atoms with van der Waals surface area (Å²) in [5.74, 6) is 0.508. The van der Waals surface area contributed by atoms with Crippen LogP contribution in [0.1, 0.15) is 36.0 Å². The average molecular weight is 345 g/mol. The summed E-state index contributed by atoms with van der Waals surface area (Å²) in [6.07, 6.45) is 5.49. The van der Waals surface area contributed by atoms with E-state index in [-0.39, 0.29) is 18.2 Å². The Morgan fingerprint density at radius 3 is 2.88 bits per heavy atom. The van der Waals surface area contributed by atoms with E-state index in [9.17, 15) is 9.90 Å². The quantitative estimate of drug-likeness (QED) is 0.868. The summed E-state index contributed by atoms with van der Waals surface area (Å²) in [6, 6.07) is 3.40. The molecule has 25 heavy (non-hydrogen) atoms. The van der Waals surface area contributed by atoms with Gasteiger partial charge in [0.2, 0.25) is 11.7 Å². The largest absolute Gasteiger partial charge is 0.386 e. The number of likely N-dealkylation sites (N-methyl/N-ethyl adjacent to an activating group) is 1. The Kier molecular flexibility index (Phi) is 4.98. The van der Waals surface area contributed by atoms with Gasteiger partial charge in [0, 0.05) is 32.1 Å². The van der Waals surface area contributed by atoms with Gasteiger partial charge in [0.25, 0.3) is 5.91 Å². The highest BCUT2D eigenvalue weighted by atomic mass is 16.5. The lowest BCUT2D eigenvalue weighted by atomic mass is 9.92. The van der Waals surface area contributed by atoms with E-state index in [0.29, 0.717) is 25.3 Å². The van der Waals surface area contributed by atoms with Crippen molar-refractivity contribution in [1.29, 1.82) is 0 Å². The number of rotatable bonds is 5. The molecule has 0 unspecified atom stereocenters. The summed E-state index contributed by atoms with van der Waals surface area (Å²) in [7, 11) is 1.66. The van der Waals surface area contributed by atoms with Gasteiger partial charge in [-0.2, -0.15) is 0 Å². The van der Waals surface area contributed by atoms with Crippen LogP contribution in [-0.2, 0) is 6.42 Å². The van der Waals surface area contributed by atoms with E-state index in [1.165, 1.54) is 4.90 Å². The van der Waals surface area contributed by atoms with Gasteiger partial charge in [0.1, 0.15) is 0 Å². The second kappa shape index (κ2) is 7.18. The lowest BCUT2D eigenvalue weighted by molar-refractivity contribution is -0.00122. The third-order valence-electron chi connectivity index (χ3n) is 4.40. The first-order valence-corrected chi connectivity index (χ1v) is 8.46. The molecule has 1 atom stereocenters. The molecule has 3 rings (SSSR count). The number of nitrogens with zero attached hydrogens (tertiary/aromatic N) is 5. The molecule has 8 nitrogen and oxygen atoms in total. The highest BCUT2D eigenvalue weighted by Gasteiger charge is 2.36. The molecule has 0 bridgehead atoms. The van der Waals surface area contributed by atoms with Gasteiger partial charge in [-0.1, -0.05) is 12.1 Å². The Morgan fingerprint density at radius 2 is 2.20 bits per heavy atom. The molecule has 0 aromatic carbocycles. The number of carbonyl (C=O) groups excluding carboxylic acids is 1. The zero-order chi connectivity index (χ0) is 17.9. The zero-order valence-corrected chi connectivity index (χ0v) is 14.6. The van der Waals surface area contributed by atoms with E-state index >= 15 is 0 Å². The van der Waals surface area contributed by atoms with Crippen molar-refractivity contribution >= 4 is 11.9 Å². The maximum atomic E-state index is 12.5. The summed E-state index contributed by atoms with van der Waals surface area (Å²) in [4.78, 5) is 24.4. The molecule has 2 aromatic rings. The third kappa shape index (κ3) is 3.96. The van der Waals surface area contributed by atoms with Crippen LogP contribution in [0.2, 0.25) is 0 Å². The van der Waals surface area contributed by atoms with Crippen LogP contribution in [0.5, 0.6) is 0 Å². The minimum Gasteiger partial charge on any atom is -0.386 e. The van der Waals surface area contributed by atoms with Gasteiger partial charge in [-0.3, -0.25) is 4.79 Å². The second-order valence-corrected chi connectivity index (χ2v) is 6.50. The zero-order valence-electron chi connectivity index (χ0n) is 14.6. The Bertz CT molecular complexity index is 720. The number of piperidine rings is 1. The number of β-amino-alcohol motifs (C(OH)–C–C–N with tert-alkyl or cyclic N) is 1. The van der Waals surface area contributed by atoms with Crippen LogP contribution in [0, 0.1) is 0 Å². The smallest absolute Gasteiger partial charge is 0.292 e. The molecule has 0 saturated carbocycles. The fourth-order valence-electron chi connectivity index (χ4n) is 3.15. The first-order chi connectivity index (χ1) is 12.0. The van der Waals surface area contributed by atoms with Gasteiger partial charge >= 0.3 is 0 Å². The Hall–Kier alpha value is -2.48. The standard InChI is InChI=1S/C17H23N5O3/c1-3-13-10-14(25-20-13)15(23)21(2)11-17(24)6-4-9-22(12-17)16-18-7-5-8-19-16/h5,7-8,10,24H,3-4,6,9,11-12H2,1-2H3/t17-/m1/s1. The number of amides is 1. The number of aliphatic hydroxyl groups is 1. The SMILES string of the molecule is CCc1cc(C(=O)N(C)C[C@]2(O)CCCN(c3ncccn3)C2)on1. The van der Waals surface area contributed by atoms with Crippen LogP contribution < -0.4 is 4.90 Å². The Morgan fingerprint density at radius 1 is 1.44 bits per heavy atom. The lowest BCUT2D eigenvalue weighted by Gasteiger charge is -2.40. The normalized spacial score (nSPS) is 20.5. The van der Waals surface area contributed by atoms with E-state index in [2.05, 4.69) is 15.1 Å². The highest BCUT2D eigenvalue weighted by molar-refractivity contribution is 5.91. The Balaban J connectivity index is 1.66. The molecule has 134 valence electrons. The van der Waals surface area contributed by atoms with E-state index in [0.717, 1.165) is 18.7 Å². The number of aromatic nitrogens is 3. The summed E-state index contributed by atoms with van der Waals surface area (Å²) < 4.78 is 5.10. The van der Waals surface area contributed by atoms with E-state index in [1.807, 2.05) is 11.8 Å². The monoisotopic (exact) mass is 345 g/mol. The van der Waals surface area contributed by atoms with Gasteiger partial charge in [0.15, 0.2) is 0 Å². The van der Waals surface area contributed by atoms with Crippen molar-refractivity contribution in [3.8, 4) is 0 Å². The predicted octanol–water partition coefficient (Wildman–Crippen LogP) is 1.13. The molecule has 1 saturated heterocycles. The Labute approximate surface area is 146 Å². The molecule has 0 aliphatic carbocycles. The minimum absolute atomic E-state index is 0.196. The fraction of sp³-hybridized carbons (Fsp3) is 0.529. The molecular weight excluding hydrogens is 322 g/mol. The van der Waals surface area contributed by atoms with Crippen molar-refractivity contribution < 1.29 is 14.4 Å². The van der Waals surface area contributed by atoms with Crippen LogP contribution in [-0.4, -0.2) is 63.3 Å². The number of hydrogen-bond donors (Lipinski definition) is 1. The highest BCUT2D eigenvalue weighted by Crippen LogP contribution is 2.25. The van der Waals surface area contributed by atoms with Crippen LogP contribution >= 0.6 is 0 Å². The summed E-state index contributed by atoms with van der Waals surface area (Å²) >= 11 is 0. The number of aryl methyl sites for hydroxylation is 1. The van der Waals surface area contributed by atoms with Gasteiger partial charge in [0.05, 0.1) is 24.4 Å². The maximum Gasteiger partial charge on any atom is 0.292 e. The van der Waals surface area contributed by atoms with Crippen LogP contribution in [0.4, 0.5) is 5.95 Å². The van der Waals surface area contributed by atoms with Crippen molar-refractivity contribution in [2.75, 3.05) is 31.6 Å². The molecule has 3 heterocycles. The molecular formula is C17H23N5O3. The predicted molar refractivity (Wildman–Crippen MR) is 91.3 cm³/mol. The van der Waals surface area contributed by atoms with Gasteiger partial charge in [-0.05, 0) is 25.3 Å². The fourth-order valence-corrected chi connectivity index (χ4v) is 3.15. The molecule has 1 amide bonds. The maximum absolute atomic E-state index is 12.5. The van der Waals surface area contributed by atoms with Crippen LogP contribution in [0.25, 0.3) is 0 Å². The van der Waals surface area contributed by atoms with Gasteiger partial charge < -0.3 is 19.4 Å². The second-order valence-electron chi connectivity index (χ2n) is 6.50. The average Bonchev–Trinajstić information content (AvgIpc) is 3.10. The number of anilines is 1. The summed E-state index contributed by atoms with van der Waals surface area (Å²) in [5.41, 5.74) is -0.282. The molecule has 1 N–H and O–H groups in total. The van der Waals surface area contributed by atoms with Crippen molar-refractivity contribution in [3.05, 3.63) is 36.0 Å². The molecule has 1 aliphatic heterocycles. The first-order valence-electron chi connectivity index (χ1n) is 8.46. The number of carbonyl (C=O) groups is 1. The van der Waals surface area contributed by atoms with Crippen LogP contribution in [0.15, 0.2) is 29.0 Å². The molecule has 8 heteroatoms. The topological polar surface area (TPSA) is 95.6 Å². The van der Waals surface area contributed by atoms with E-state index in [1.54, 1.807) is 31.6 Å². The molecule has 0 radical (unpaired) electrons. The van der Waals surface area contributed by atoms with Gasteiger partial charge in [-0.15, -0.1) is 0 Å². The number of hydrogen-bond acceptors (Lipinski definition) is 7. The summed E-state index contributed by atoms with van der Waals surface area (Å²) in [5, 5.41) is 14.8. The molecule has 2 aromatic heterocycles. The van der Waals surface area contributed by atoms with E-state index in [4.69, 9.17) is 4.52 Å². The van der Waals surface area contributed by atoms with E-state index < -0.39 is 5.60 Å². The lowest BCUT2D eigenvalue weighted by Crippen LogP contribution is -2.55. The van der Waals surface area contributed by atoms with Crippen molar-refractivity contribution in [3.63, 3.8) is 0 Å². The first kappa shape index (κ1) is 17.3. The third-order valence-corrected chi connectivity index (χ3v) is 4.40.